The molecule has 0 aliphatic rings. The molecule has 0 radical (unpaired) electrons. The third-order valence-electron chi connectivity index (χ3n) is 2.34. The lowest BCUT2D eigenvalue weighted by atomic mass is 10.1. The van der Waals surface area contributed by atoms with Crippen molar-refractivity contribution < 1.29 is 4.39 Å². The molecule has 0 spiro atoms. The molecule has 0 saturated carbocycles. The molecule has 0 aliphatic carbocycles. The van der Waals surface area contributed by atoms with Crippen LogP contribution in [0, 0.1) is 0 Å². The fourth-order valence-corrected chi connectivity index (χ4v) is 2.20. The van der Waals surface area contributed by atoms with Crippen LogP contribution in [0.1, 0.15) is 18.7 Å². The smallest absolute Gasteiger partial charge is 0.145 e. The summed E-state index contributed by atoms with van der Waals surface area (Å²) in [5, 5.41) is 6.65. The van der Waals surface area contributed by atoms with Crippen molar-refractivity contribution in [1.82, 2.24) is 10.2 Å². The number of rotatable bonds is 2. The molecule has 0 bridgehead atoms. The first kappa shape index (κ1) is 11.1. The Labute approximate surface area is 101 Å². The fourth-order valence-electron chi connectivity index (χ4n) is 1.50. The number of halogens is 2. The Bertz CT molecular complexity index is 508. The molecule has 0 saturated heterocycles. The molecule has 1 unspecified atom stereocenters. The van der Waals surface area contributed by atoms with Crippen molar-refractivity contribution in [2.75, 3.05) is 5.73 Å². The summed E-state index contributed by atoms with van der Waals surface area (Å²) in [7, 11) is 0. The SMILES string of the molecule is CC(F)c1ccc(-c2cc(N)n[nH]2)cc1Br. The molecule has 0 fully saturated rings. The third-order valence-corrected chi connectivity index (χ3v) is 3.02. The highest BCUT2D eigenvalue weighted by molar-refractivity contribution is 9.10. The van der Waals surface area contributed by atoms with Crippen LogP contribution >= 0.6 is 15.9 Å². The van der Waals surface area contributed by atoms with Crippen LogP contribution in [-0.2, 0) is 0 Å². The largest absolute Gasteiger partial charge is 0.382 e. The van der Waals surface area contributed by atoms with Gasteiger partial charge in [-0.3, -0.25) is 5.10 Å². The van der Waals surface area contributed by atoms with Gasteiger partial charge in [0, 0.05) is 16.1 Å². The van der Waals surface area contributed by atoms with E-state index in [9.17, 15) is 4.39 Å². The number of anilines is 1. The predicted octanol–water partition coefficient (Wildman–Crippen LogP) is 3.45. The molecule has 3 N–H and O–H groups in total. The Morgan fingerprint density at radius 2 is 2.19 bits per heavy atom. The molecule has 16 heavy (non-hydrogen) atoms. The zero-order valence-corrected chi connectivity index (χ0v) is 10.3. The van der Waals surface area contributed by atoms with Gasteiger partial charge in [-0.05, 0) is 18.6 Å². The molecule has 1 aromatic carbocycles. The molecule has 2 aromatic rings. The van der Waals surface area contributed by atoms with Crippen LogP contribution in [-0.4, -0.2) is 10.2 Å². The number of aromatic nitrogens is 2. The Balaban J connectivity index is 2.42. The summed E-state index contributed by atoms with van der Waals surface area (Å²) in [6, 6.07) is 7.17. The minimum Gasteiger partial charge on any atom is -0.382 e. The minimum atomic E-state index is -0.990. The summed E-state index contributed by atoms with van der Waals surface area (Å²) in [6.45, 7) is 1.51. The van der Waals surface area contributed by atoms with Crippen molar-refractivity contribution in [3.8, 4) is 11.3 Å². The standard InChI is InChI=1S/C11H11BrFN3/c1-6(13)8-3-2-7(4-9(8)12)10-5-11(14)16-15-10/h2-6H,1H3,(H3,14,15,16). The zero-order chi connectivity index (χ0) is 11.7. The van der Waals surface area contributed by atoms with Gasteiger partial charge in [-0.25, -0.2) is 4.39 Å². The van der Waals surface area contributed by atoms with Gasteiger partial charge in [-0.15, -0.1) is 0 Å². The van der Waals surface area contributed by atoms with Crippen molar-refractivity contribution in [2.24, 2.45) is 0 Å². The monoisotopic (exact) mass is 283 g/mol. The van der Waals surface area contributed by atoms with Gasteiger partial charge in [0.25, 0.3) is 0 Å². The normalized spacial score (nSPS) is 12.7. The lowest BCUT2D eigenvalue weighted by Gasteiger charge is -2.07. The molecule has 84 valence electrons. The minimum absolute atomic E-state index is 0.439. The van der Waals surface area contributed by atoms with Gasteiger partial charge in [0.2, 0.25) is 0 Å². The van der Waals surface area contributed by atoms with Gasteiger partial charge in [0.15, 0.2) is 0 Å². The fraction of sp³-hybridized carbons (Fsp3) is 0.182. The van der Waals surface area contributed by atoms with Crippen LogP contribution in [0.4, 0.5) is 10.2 Å². The molecule has 5 heteroatoms. The lowest BCUT2D eigenvalue weighted by molar-refractivity contribution is 0.373. The number of benzene rings is 1. The maximum absolute atomic E-state index is 13.2. The number of hydrogen-bond acceptors (Lipinski definition) is 2. The van der Waals surface area contributed by atoms with Crippen LogP contribution in [0.25, 0.3) is 11.3 Å². The second kappa shape index (κ2) is 4.25. The first-order valence-corrected chi connectivity index (χ1v) is 5.62. The van der Waals surface area contributed by atoms with Crippen molar-refractivity contribution in [3.05, 3.63) is 34.3 Å². The van der Waals surface area contributed by atoms with E-state index in [1.165, 1.54) is 6.92 Å². The lowest BCUT2D eigenvalue weighted by Crippen LogP contribution is -1.88. The van der Waals surface area contributed by atoms with Gasteiger partial charge in [0.05, 0.1) is 5.69 Å². The number of nitrogens with zero attached hydrogens (tertiary/aromatic N) is 1. The number of nitrogen functional groups attached to an aromatic ring is 1. The zero-order valence-electron chi connectivity index (χ0n) is 8.67. The van der Waals surface area contributed by atoms with E-state index in [0.717, 1.165) is 15.7 Å². The van der Waals surface area contributed by atoms with Crippen LogP contribution in [0.3, 0.4) is 0 Å². The molecule has 1 atom stereocenters. The molecule has 0 aliphatic heterocycles. The van der Waals surface area contributed by atoms with Crippen molar-refractivity contribution in [2.45, 2.75) is 13.1 Å². The average Bonchev–Trinajstić information content (AvgIpc) is 2.64. The quantitative estimate of drug-likeness (QED) is 0.887. The number of aromatic amines is 1. The van der Waals surface area contributed by atoms with E-state index in [4.69, 9.17) is 5.73 Å². The Hall–Kier alpha value is -1.36. The Kier molecular flexibility index (Phi) is 2.96. The van der Waals surface area contributed by atoms with Gasteiger partial charge in [0.1, 0.15) is 12.0 Å². The number of hydrogen-bond donors (Lipinski definition) is 2. The van der Waals surface area contributed by atoms with E-state index in [0.29, 0.717) is 11.4 Å². The van der Waals surface area contributed by atoms with Crippen molar-refractivity contribution in [3.63, 3.8) is 0 Å². The maximum Gasteiger partial charge on any atom is 0.145 e. The Morgan fingerprint density at radius 1 is 1.44 bits per heavy atom. The summed E-state index contributed by atoms with van der Waals surface area (Å²) in [5.41, 5.74) is 7.89. The van der Waals surface area contributed by atoms with Crippen LogP contribution in [0.5, 0.6) is 0 Å². The Morgan fingerprint density at radius 3 is 2.69 bits per heavy atom. The number of nitrogens with one attached hydrogen (secondary N) is 1. The number of alkyl halides is 1. The van der Waals surface area contributed by atoms with E-state index in [1.807, 2.05) is 12.1 Å². The van der Waals surface area contributed by atoms with Gasteiger partial charge >= 0.3 is 0 Å². The molecule has 1 aromatic heterocycles. The van der Waals surface area contributed by atoms with E-state index in [1.54, 1.807) is 12.1 Å². The topological polar surface area (TPSA) is 54.7 Å². The first-order valence-electron chi connectivity index (χ1n) is 4.82. The molecule has 2 rings (SSSR count). The van der Waals surface area contributed by atoms with E-state index in [2.05, 4.69) is 26.1 Å². The average molecular weight is 284 g/mol. The molecule has 1 heterocycles. The second-order valence-electron chi connectivity index (χ2n) is 3.56. The highest BCUT2D eigenvalue weighted by Gasteiger charge is 2.09. The van der Waals surface area contributed by atoms with Gasteiger partial charge < -0.3 is 5.73 Å². The highest BCUT2D eigenvalue weighted by Crippen LogP contribution is 2.30. The summed E-state index contributed by atoms with van der Waals surface area (Å²) in [6.07, 6.45) is -0.990. The molecular weight excluding hydrogens is 273 g/mol. The van der Waals surface area contributed by atoms with Crippen molar-refractivity contribution in [1.29, 1.82) is 0 Å². The summed E-state index contributed by atoms with van der Waals surface area (Å²) in [4.78, 5) is 0. The van der Waals surface area contributed by atoms with E-state index < -0.39 is 6.17 Å². The second-order valence-corrected chi connectivity index (χ2v) is 4.41. The maximum atomic E-state index is 13.2. The van der Waals surface area contributed by atoms with Gasteiger partial charge in [-0.2, -0.15) is 5.10 Å². The highest BCUT2D eigenvalue weighted by atomic mass is 79.9. The van der Waals surface area contributed by atoms with Gasteiger partial charge in [-0.1, -0.05) is 28.1 Å². The van der Waals surface area contributed by atoms with Crippen molar-refractivity contribution >= 4 is 21.7 Å². The van der Waals surface area contributed by atoms with Crippen LogP contribution in [0.2, 0.25) is 0 Å². The summed E-state index contributed by atoms with van der Waals surface area (Å²) in [5.74, 6) is 0.439. The first-order chi connectivity index (χ1) is 7.58. The van der Waals surface area contributed by atoms with Crippen LogP contribution in [0.15, 0.2) is 28.7 Å². The van der Waals surface area contributed by atoms with E-state index >= 15 is 0 Å². The number of H-pyrrole nitrogens is 1. The summed E-state index contributed by atoms with van der Waals surface area (Å²) < 4.78 is 13.9. The predicted molar refractivity (Wildman–Crippen MR) is 65.7 cm³/mol. The third kappa shape index (κ3) is 2.09. The van der Waals surface area contributed by atoms with E-state index in [-0.39, 0.29) is 0 Å². The number of nitrogens with two attached hydrogens (primary N) is 1. The summed E-state index contributed by atoms with van der Waals surface area (Å²) >= 11 is 3.35. The molecule has 0 amide bonds. The molecule has 3 nitrogen and oxygen atoms in total. The van der Waals surface area contributed by atoms with Crippen LogP contribution < -0.4 is 5.73 Å². The molecular formula is C11H11BrFN3.